The Hall–Kier alpha value is -0.610. The number of ether oxygens (including phenoxy) is 1. The first-order valence-corrected chi connectivity index (χ1v) is 6.69. The number of nitrogens with one attached hydrogen (secondary N) is 2. The Morgan fingerprint density at radius 2 is 2.06 bits per heavy atom. The molecule has 0 atom stereocenters. The van der Waals surface area contributed by atoms with E-state index in [2.05, 4.69) is 17.6 Å². The topological polar surface area (TPSA) is 50.4 Å². The molecule has 17 heavy (non-hydrogen) atoms. The van der Waals surface area contributed by atoms with Crippen molar-refractivity contribution in [3.63, 3.8) is 0 Å². The van der Waals surface area contributed by atoms with Crippen molar-refractivity contribution in [2.75, 3.05) is 33.4 Å². The van der Waals surface area contributed by atoms with Gasteiger partial charge in [0.25, 0.3) is 0 Å². The molecule has 4 heteroatoms. The maximum absolute atomic E-state index is 11.6. The van der Waals surface area contributed by atoms with E-state index in [1.165, 1.54) is 32.1 Å². The van der Waals surface area contributed by atoms with E-state index < -0.39 is 0 Å². The van der Waals surface area contributed by atoms with Crippen LogP contribution in [0.4, 0.5) is 0 Å². The van der Waals surface area contributed by atoms with E-state index in [-0.39, 0.29) is 5.91 Å². The van der Waals surface area contributed by atoms with E-state index in [0.717, 1.165) is 13.1 Å². The summed E-state index contributed by atoms with van der Waals surface area (Å²) < 4.78 is 4.90. The molecule has 0 saturated heterocycles. The Bertz CT molecular complexity index is 225. The number of hydrogen-bond donors (Lipinski definition) is 2. The zero-order chi connectivity index (χ0) is 12.6. The van der Waals surface area contributed by atoms with E-state index in [4.69, 9.17) is 4.74 Å². The highest BCUT2D eigenvalue weighted by atomic mass is 16.5. The SMILES string of the molecule is CCC1(CNC(=O)CNCCOC)CCCC1. The predicted octanol–water partition coefficient (Wildman–Crippen LogP) is 1.31. The van der Waals surface area contributed by atoms with Gasteiger partial charge in [0.05, 0.1) is 13.2 Å². The Morgan fingerprint density at radius 1 is 1.35 bits per heavy atom. The molecule has 1 fully saturated rings. The van der Waals surface area contributed by atoms with Gasteiger partial charge in [0.2, 0.25) is 5.91 Å². The quantitative estimate of drug-likeness (QED) is 0.631. The van der Waals surface area contributed by atoms with Gasteiger partial charge < -0.3 is 15.4 Å². The third-order valence-corrected chi connectivity index (χ3v) is 3.84. The van der Waals surface area contributed by atoms with Crippen molar-refractivity contribution < 1.29 is 9.53 Å². The molecule has 0 aromatic heterocycles. The van der Waals surface area contributed by atoms with Crippen LogP contribution in [0.5, 0.6) is 0 Å². The molecule has 0 bridgehead atoms. The maximum Gasteiger partial charge on any atom is 0.233 e. The Balaban J connectivity index is 2.14. The molecule has 0 aliphatic heterocycles. The molecule has 0 aromatic carbocycles. The molecule has 0 heterocycles. The summed E-state index contributed by atoms with van der Waals surface area (Å²) in [4.78, 5) is 11.6. The zero-order valence-electron chi connectivity index (χ0n) is 11.2. The molecular weight excluding hydrogens is 216 g/mol. The van der Waals surface area contributed by atoms with Gasteiger partial charge in [-0.1, -0.05) is 19.8 Å². The Labute approximate surface area is 104 Å². The van der Waals surface area contributed by atoms with Crippen LogP contribution in [0.3, 0.4) is 0 Å². The van der Waals surface area contributed by atoms with Crippen LogP contribution in [0, 0.1) is 5.41 Å². The first-order chi connectivity index (χ1) is 8.22. The fourth-order valence-corrected chi connectivity index (χ4v) is 2.51. The third-order valence-electron chi connectivity index (χ3n) is 3.84. The Kier molecular flexibility index (Phi) is 6.52. The highest BCUT2D eigenvalue weighted by Crippen LogP contribution is 2.40. The number of amides is 1. The molecule has 0 aromatic rings. The van der Waals surface area contributed by atoms with Crippen molar-refractivity contribution in [3.05, 3.63) is 0 Å². The van der Waals surface area contributed by atoms with Crippen LogP contribution in [0.15, 0.2) is 0 Å². The van der Waals surface area contributed by atoms with Crippen molar-refractivity contribution in [2.24, 2.45) is 5.41 Å². The van der Waals surface area contributed by atoms with Gasteiger partial charge in [0, 0.05) is 20.2 Å². The molecule has 2 N–H and O–H groups in total. The molecule has 0 radical (unpaired) electrons. The van der Waals surface area contributed by atoms with Crippen LogP contribution in [-0.4, -0.2) is 39.3 Å². The molecule has 0 spiro atoms. The molecule has 0 unspecified atom stereocenters. The highest BCUT2D eigenvalue weighted by Gasteiger charge is 2.31. The second kappa shape index (κ2) is 7.67. The van der Waals surface area contributed by atoms with Gasteiger partial charge in [-0.3, -0.25) is 4.79 Å². The lowest BCUT2D eigenvalue weighted by Crippen LogP contribution is -2.40. The second-order valence-electron chi connectivity index (χ2n) is 5.01. The average molecular weight is 242 g/mol. The normalized spacial score (nSPS) is 18.2. The summed E-state index contributed by atoms with van der Waals surface area (Å²) in [6.07, 6.45) is 6.33. The molecule has 1 aliphatic carbocycles. The monoisotopic (exact) mass is 242 g/mol. The summed E-state index contributed by atoms with van der Waals surface area (Å²) in [5.41, 5.74) is 0.377. The van der Waals surface area contributed by atoms with Gasteiger partial charge in [-0.25, -0.2) is 0 Å². The smallest absolute Gasteiger partial charge is 0.233 e. The van der Waals surface area contributed by atoms with Crippen LogP contribution in [-0.2, 0) is 9.53 Å². The lowest BCUT2D eigenvalue weighted by atomic mass is 9.83. The third kappa shape index (κ3) is 5.04. The van der Waals surface area contributed by atoms with Gasteiger partial charge in [0.1, 0.15) is 0 Å². The van der Waals surface area contributed by atoms with E-state index in [1.54, 1.807) is 7.11 Å². The Morgan fingerprint density at radius 3 is 2.65 bits per heavy atom. The number of hydrogen-bond acceptors (Lipinski definition) is 3. The summed E-state index contributed by atoms with van der Waals surface area (Å²) in [5, 5.41) is 6.11. The molecular formula is C13H26N2O2. The minimum atomic E-state index is 0.0980. The second-order valence-corrected chi connectivity index (χ2v) is 5.01. The maximum atomic E-state index is 11.6. The van der Waals surface area contributed by atoms with Gasteiger partial charge >= 0.3 is 0 Å². The minimum Gasteiger partial charge on any atom is -0.383 e. The van der Waals surface area contributed by atoms with Crippen LogP contribution in [0.2, 0.25) is 0 Å². The first-order valence-electron chi connectivity index (χ1n) is 6.69. The van der Waals surface area contributed by atoms with Gasteiger partial charge in [0.15, 0.2) is 0 Å². The fraction of sp³-hybridized carbons (Fsp3) is 0.923. The van der Waals surface area contributed by atoms with Crippen molar-refractivity contribution in [3.8, 4) is 0 Å². The number of rotatable bonds is 8. The van der Waals surface area contributed by atoms with E-state index in [9.17, 15) is 4.79 Å². The molecule has 100 valence electrons. The number of carbonyl (C=O) groups excluding carboxylic acids is 1. The molecule has 1 saturated carbocycles. The van der Waals surface area contributed by atoms with E-state index in [1.807, 2.05) is 0 Å². The summed E-state index contributed by atoms with van der Waals surface area (Å²) >= 11 is 0. The van der Waals surface area contributed by atoms with Crippen LogP contribution in [0.25, 0.3) is 0 Å². The summed E-state index contributed by atoms with van der Waals surface area (Å²) in [6.45, 7) is 4.83. The van der Waals surface area contributed by atoms with Crippen molar-refractivity contribution in [1.82, 2.24) is 10.6 Å². The zero-order valence-corrected chi connectivity index (χ0v) is 11.2. The number of carbonyl (C=O) groups is 1. The summed E-state index contributed by atoms with van der Waals surface area (Å²) in [7, 11) is 1.66. The molecule has 4 nitrogen and oxygen atoms in total. The first kappa shape index (κ1) is 14.5. The van der Waals surface area contributed by atoms with Gasteiger partial charge in [-0.05, 0) is 24.7 Å². The van der Waals surface area contributed by atoms with E-state index in [0.29, 0.717) is 18.6 Å². The molecule has 1 amide bonds. The van der Waals surface area contributed by atoms with Crippen LogP contribution >= 0.6 is 0 Å². The predicted molar refractivity (Wildman–Crippen MR) is 68.9 cm³/mol. The summed E-state index contributed by atoms with van der Waals surface area (Å²) in [6, 6.07) is 0. The lowest BCUT2D eigenvalue weighted by molar-refractivity contribution is -0.120. The van der Waals surface area contributed by atoms with E-state index >= 15 is 0 Å². The van der Waals surface area contributed by atoms with Crippen molar-refractivity contribution in [1.29, 1.82) is 0 Å². The molecule has 1 aliphatic rings. The largest absolute Gasteiger partial charge is 0.383 e. The van der Waals surface area contributed by atoms with Crippen molar-refractivity contribution >= 4 is 5.91 Å². The fourth-order valence-electron chi connectivity index (χ4n) is 2.51. The van der Waals surface area contributed by atoms with Crippen molar-refractivity contribution in [2.45, 2.75) is 39.0 Å². The average Bonchev–Trinajstić information content (AvgIpc) is 2.82. The van der Waals surface area contributed by atoms with Crippen LogP contribution < -0.4 is 10.6 Å². The highest BCUT2D eigenvalue weighted by molar-refractivity contribution is 5.78. The number of methoxy groups -OCH3 is 1. The lowest BCUT2D eigenvalue weighted by Gasteiger charge is -2.27. The van der Waals surface area contributed by atoms with Gasteiger partial charge in [-0.15, -0.1) is 0 Å². The summed E-state index contributed by atoms with van der Waals surface area (Å²) in [5.74, 6) is 0.0980. The van der Waals surface area contributed by atoms with Crippen LogP contribution in [0.1, 0.15) is 39.0 Å². The minimum absolute atomic E-state index is 0.0980. The molecule has 1 rings (SSSR count). The standard InChI is InChI=1S/C13H26N2O2/c1-3-13(6-4-5-7-13)11-15-12(16)10-14-8-9-17-2/h14H,3-11H2,1-2H3,(H,15,16). The van der Waals surface area contributed by atoms with Gasteiger partial charge in [-0.2, -0.15) is 0 Å².